The maximum absolute atomic E-state index is 12.3. The zero-order chi connectivity index (χ0) is 11.8. The van der Waals surface area contributed by atoms with Gasteiger partial charge in [0.25, 0.3) is 5.91 Å². The van der Waals surface area contributed by atoms with Crippen molar-refractivity contribution in [2.24, 2.45) is 0 Å². The van der Waals surface area contributed by atoms with E-state index >= 15 is 0 Å². The molecule has 4 nitrogen and oxygen atoms in total. The lowest BCUT2D eigenvalue weighted by Crippen LogP contribution is -2.48. The average Bonchev–Trinajstić information content (AvgIpc) is 3.00. The predicted molar refractivity (Wildman–Crippen MR) is 65.4 cm³/mol. The summed E-state index contributed by atoms with van der Waals surface area (Å²) >= 11 is 0. The first kappa shape index (κ1) is 10.6. The summed E-state index contributed by atoms with van der Waals surface area (Å²) < 4.78 is 5.41. The van der Waals surface area contributed by atoms with E-state index in [9.17, 15) is 4.79 Å². The molecular weight excluding hydrogens is 216 g/mol. The fraction of sp³-hybridized carbons (Fsp3) is 0.462. The van der Waals surface area contributed by atoms with Crippen molar-refractivity contribution in [1.82, 2.24) is 9.80 Å². The summed E-state index contributed by atoms with van der Waals surface area (Å²) in [7, 11) is 0. The molecule has 2 aromatic rings. The molecule has 0 spiro atoms. The number of carbonyl (C=O) groups is 1. The van der Waals surface area contributed by atoms with E-state index < -0.39 is 0 Å². The van der Waals surface area contributed by atoms with Crippen LogP contribution < -0.4 is 0 Å². The van der Waals surface area contributed by atoms with Gasteiger partial charge in [-0.1, -0.05) is 6.92 Å². The van der Waals surface area contributed by atoms with Gasteiger partial charge in [-0.2, -0.15) is 0 Å². The van der Waals surface area contributed by atoms with Gasteiger partial charge in [-0.3, -0.25) is 4.79 Å². The minimum Gasteiger partial charge on any atom is -0.457 e. The van der Waals surface area contributed by atoms with Crippen molar-refractivity contribution in [3.8, 4) is 0 Å². The van der Waals surface area contributed by atoms with Crippen LogP contribution in [0.5, 0.6) is 0 Å². The Bertz CT molecular complexity index is 512. The fourth-order valence-electron chi connectivity index (χ4n) is 2.39. The number of nitrogens with zero attached hydrogens (tertiary/aromatic N) is 2. The Labute approximate surface area is 100 Å². The van der Waals surface area contributed by atoms with Crippen molar-refractivity contribution >= 4 is 17.1 Å². The molecule has 0 radical (unpaired) electrons. The zero-order valence-electron chi connectivity index (χ0n) is 9.98. The number of furan rings is 2. The fourth-order valence-corrected chi connectivity index (χ4v) is 2.39. The van der Waals surface area contributed by atoms with Crippen LogP contribution in [0, 0.1) is 0 Å². The molecule has 0 atom stereocenters. The van der Waals surface area contributed by atoms with Gasteiger partial charge >= 0.3 is 0 Å². The monoisotopic (exact) mass is 232 g/mol. The van der Waals surface area contributed by atoms with E-state index in [0.29, 0.717) is 11.1 Å². The third-order valence-electron chi connectivity index (χ3n) is 3.52. The first-order valence-corrected chi connectivity index (χ1v) is 6.11. The van der Waals surface area contributed by atoms with Gasteiger partial charge in [0.1, 0.15) is 11.2 Å². The van der Waals surface area contributed by atoms with E-state index in [1.165, 1.54) is 0 Å². The molecule has 0 unspecified atom stereocenters. The number of carbonyl (C=O) groups excluding carboxylic acids is 1. The van der Waals surface area contributed by atoms with Crippen LogP contribution in [-0.2, 0) is 0 Å². The highest BCUT2D eigenvalue weighted by atomic mass is 16.3. The van der Waals surface area contributed by atoms with Crippen molar-refractivity contribution in [2.75, 3.05) is 32.7 Å². The Morgan fingerprint density at radius 2 is 2.06 bits per heavy atom. The molecule has 1 aliphatic heterocycles. The number of fused-ring (bicyclic) bond motifs is 2. The topological polar surface area (TPSA) is 36.7 Å². The number of hydrogen-bond acceptors (Lipinski definition) is 3. The van der Waals surface area contributed by atoms with Gasteiger partial charge in [0.2, 0.25) is 0 Å². The number of benzene rings is 1. The van der Waals surface area contributed by atoms with Gasteiger partial charge in [-0.05, 0) is 24.7 Å². The molecule has 0 aliphatic carbocycles. The van der Waals surface area contributed by atoms with Crippen molar-refractivity contribution in [3.63, 3.8) is 0 Å². The molecule has 3 heterocycles. The molecule has 2 aromatic heterocycles. The van der Waals surface area contributed by atoms with E-state index in [1.807, 2.05) is 23.1 Å². The Morgan fingerprint density at radius 3 is 2.59 bits per heavy atom. The number of amides is 1. The molecule has 0 saturated carbocycles. The lowest BCUT2D eigenvalue weighted by molar-refractivity contribution is 0.0645. The maximum Gasteiger partial charge on any atom is 0.257 e. The van der Waals surface area contributed by atoms with Crippen molar-refractivity contribution in [3.05, 3.63) is 23.8 Å². The number of likely N-dealkylation sites (N-methyl/N-ethyl adjacent to an activating group) is 1. The number of hydrogen-bond donors (Lipinski definition) is 0. The minimum atomic E-state index is 0.107. The summed E-state index contributed by atoms with van der Waals surface area (Å²) in [5.41, 5.74) is 2.21. The molecule has 1 amide bonds. The predicted octanol–water partition coefficient (Wildman–Crippen LogP) is 1.65. The average molecular weight is 232 g/mol. The highest BCUT2D eigenvalue weighted by molar-refractivity contribution is 6.02. The van der Waals surface area contributed by atoms with Crippen LogP contribution in [0.25, 0.3) is 11.2 Å². The molecule has 1 aliphatic rings. The second kappa shape index (κ2) is 4.04. The van der Waals surface area contributed by atoms with Gasteiger partial charge in [0.05, 0.1) is 5.56 Å². The Morgan fingerprint density at radius 1 is 1.29 bits per heavy atom. The summed E-state index contributed by atoms with van der Waals surface area (Å²) in [5, 5.41) is 0. The zero-order valence-corrected chi connectivity index (χ0v) is 9.98. The Balaban J connectivity index is 1.73. The van der Waals surface area contributed by atoms with E-state index in [2.05, 4.69) is 11.8 Å². The standard InChI is InChI=1S/C13H16N2O2/c1-2-14-5-7-15(8-6-14)13(16)11-9-10-3-4-12(11)17-10/h3-4,9H,2,5-8H2,1H3. The second-order valence-electron chi connectivity index (χ2n) is 4.49. The second-order valence-corrected chi connectivity index (χ2v) is 4.49. The molecule has 4 heteroatoms. The molecule has 90 valence electrons. The molecule has 1 saturated heterocycles. The van der Waals surface area contributed by atoms with Gasteiger partial charge in [0, 0.05) is 26.2 Å². The van der Waals surface area contributed by atoms with Crippen molar-refractivity contribution in [1.29, 1.82) is 0 Å². The van der Waals surface area contributed by atoms with Crippen molar-refractivity contribution < 1.29 is 9.21 Å². The summed E-state index contributed by atoms with van der Waals surface area (Å²) in [6.07, 6.45) is 0. The van der Waals surface area contributed by atoms with Gasteiger partial charge in [-0.25, -0.2) is 0 Å². The van der Waals surface area contributed by atoms with E-state index in [0.717, 1.165) is 38.3 Å². The lowest BCUT2D eigenvalue weighted by Gasteiger charge is -2.33. The highest BCUT2D eigenvalue weighted by Gasteiger charge is 2.24. The molecule has 17 heavy (non-hydrogen) atoms. The van der Waals surface area contributed by atoms with Crippen LogP contribution in [0.1, 0.15) is 17.3 Å². The number of piperazine rings is 1. The minimum absolute atomic E-state index is 0.107. The normalized spacial score (nSPS) is 18.1. The van der Waals surface area contributed by atoms with Crippen LogP contribution in [0.15, 0.2) is 22.6 Å². The number of rotatable bonds is 2. The van der Waals surface area contributed by atoms with Crippen LogP contribution >= 0.6 is 0 Å². The molecule has 3 rings (SSSR count). The molecule has 0 aromatic carbocycles. The summed E-state index contributed by atoms with van der Waals surface area (Å²) in [6, 6.07) is 5.59. The van der Waals surface area contributed by atoms with Crippen LogP contribution in [0.4, 0.5) is 0 Å². The van der Waals surface area contributed by atoms with Crippen molar-refractivity contribution in [2.45, 2.75) is 6.92 Å². The Kier molecular flexibility index (Phi) is 2.52. The van der Waals surface area contributed by atoms with Crippen LogP contribution in [0.3, 0.4) is 0 Å². The maximum atomic E-state index is 12.3. The highest BCUT2D eigenvalue weighted by Crippen LogP contribution is 2.23. The summed E-state index contributed by atoms with van der Waals surface area (Å²) in [5.74, 6) is 0.107. The van der Waals surface area contributed by atoms with Crippen LogP contribution in [-0.4, -0.2) is 48.4 Å². The van der Waals surface area contributed by atoms with Gasteiger partial charge < -0.3 is 14.2 Å². The van der Waals surface area contributed by atoms with E-state index in [-0.39, 0.29) is 5.91 Å². The van der Waals surface area contributed by atoms with Gasteiger partial charge in [0.15, 0.2) is 0 Å². The van der Waals surface area contributed by atoms with E-state index in [1.54, 1.807) is 0 Å². The SMILES string of the molecule is CCN1CCN(C(=O)c2cc3ccc2o3)CC1. The smallest absolute Gasteiger partial charge is 0.257 e. The Hall–Kier alpha value is -1.55. The van der Waals surface area contributed by atoms with Gasteiger partial charge in [-0.15, -0.1) is 0 Å². The third-order valence-corrected chi connectivity index (χ3v) is 3.52. The molecule has 2 bridgehead atoms. The molecular formula is C13H16N2O2. The summed E-state index contributed by atoms with van der Waals surface area (Å²) in [6.45, 7) is 6.79. The first-order valence-electron chi connectivity index (χ1n) is 6.11. The van der Waals surface area contributed by atoms with E-state index in [4.69, 9.17) is 4.42 Å². The summed E-state index contributed by atoms with van der Waals surface area (Å²) in [4.78, 5) is 16.6. The molecule has 0 N–H and O–H groups in total. The quantitative estimate of drug-likeness (QED) is 0.790. The molecule has 1 fully saturated rings. The third kappa shape index (κ3) is 1.78. The first-order chi connectivity index (χ1) is 8.28. The lowest BCUT2D eigenvalue weighted by atomic mass is 10.2. The van der Waals surface area contributed by atoms with Crippen LogP contribution in [0.2, 0.25) is 0 Å². The largest absolute Gasteiger partial charge is 0.457 e.